The van der Waals surface area contributed by atoms with E-state index in [4.69, 9.17) is 14.8 Å². The number of aromatic nitrogens is 1. The third kappa shape index (κ3) is 4.89. The second-order valence-corrected chi connectivity index (χ2v) is 9.32. The first-order valence-electron chi connectivity index (χ1n) is 11.0. The third-order valence-electron chi connectivity index (χ3n) is 6.00. The van der Waals surface area contributed by atoms with Crippen molar-refractivity contribution in [2.24, 2.45) is 0 Å². The lowest BCUT2D eigenvalue weighted by molar-refractivity contribution is -0.136. The van der Waals surface area contributed by atoms with E-state index in [0.717, 1.165) is 61.2 Å². The molecule has 1 saturated heterocycles. The minimum absolute atomic E-state index is 0.160. The quantitative estimate of drug-likeness (QED) is 0.675. The van der Waals surface area contributed by atoms with E-state index in [9.17, 15) is 4.79 Å². The van der Waals surface area contributed by atoms with Gasteiger partial charge in [-0.1, -0.05) is 6.07 Å². The van der Waals surface area contributed by atoms with E-state index >= 15 is 0 Å². The van der Waals surface area contributed by atoms with Crippen LogP contribution in [0.4, 0.5) is 10.8 Å². The predicted molar refractivity (Wildman–Crippen MR) is 121 cm³/mol. The molecule has 0 amide bonds. The van der Waals surface area contributed by atoms with Gasteiger partial charge in [0.2, 0.25) is 0 Å². The molecule has 1 aromatic carbocycles. The second-order valence-electron chi connectivity index (χ2n) is 8.13. The first-order chi connectivity index (χ1) is 14.6. The van der Waals surface area contributed by atoms with Crippen molar-refractivity contribution in [1.29, 1.82) is 0 Å². The number of rotatable bonds is 8. The molecule has 1 N–H and O–H groups in total. The largest absolute Gasteiger partial charge is 0.493 e. The van der Waals surface area contributed by atoms with Crippen LogP contribution in [0.5, 0.6) is 5.75 Å². The Balaban J connectivity index is 1.38. The molecular weight excluding hydrogens is 398 g/mol. The van der Waals surface area contributed by atoms with Crippen LogP contribution in [0.2, 0.25) is 0 Å². The molecular formula is C23H31N3O3S. The fourth-order valence-electron chi connectivity index (χ4n) is 4.39. The van der Waals surface area contributed by atoms with Gasteiger partial charge in [0.25, 0.3) is 0 Å². The molecule has 0 unspecified atom stereocenters. The minimum atomic E-state index is -0.753. The van der Waals surface area contributed by atoms with Crippen molar-refractivity contribution in [3.63, 3.8) is 0 Å². The lowest BCUT2D eigenvalue weighted by atomic mass is 10.0. The molecule has 2 aromatic rings. The number of thiazole rings is 1. The van der Waals surface area contributed by atoms with Crippen LogP contribution in [-0.2, 0) is 17.6 Å². The monoisotopic (exact) mass is 429 g/mol. The summed E-state index contributed by atoms with van der Waals surface area (Å²) >= 11 is 1.80. The second kappa shape index (κ2) is 9.69. The van der Waals surface area contributed by atoms with Crippen LogP contribution < -0.4 is 14.5 Å². The van der Waals surface area contributed by atoms with E-state index in [0.29, 0.717) is 13.2 Å². The number of anilines is 2. The molecule has 0 atom stereocenters. The van der Waals surface area contributed by atoms with Gasteiger partial charge >= 0.3 is 5.97 Å². The molecule has 30 heavy (non-hydrogen) atoms. The van der Waals surface area contributed by atoms with Gasteiger partial charge in [-0.15, -0.1) is 11.3 Å². The van der Waals surface area contributed by atoms with Crippen molar-refractivity contribution in [3.05, 3.63) is 34.3 Å². The van der Waals surface area contributed by atoms with E-state index in [1.165, 1.54) is 29.7 Å². The van der Waals surface area contributed by atoms with E-state index in [-0.39, 0.29) is 6.42 Å². The molecule has 6 nitrogen and oxygen atoms in total. The van der Waals surface area contributed by atoms with Crippen molar-refractivity contribution in [2.45, 2.75) is 51.9 Å². The summed E-state index contributed by atoms with van der Waals surface area (Å²) in [7, 11) is 0. The molecule has 0 saturated carbocycles. The van der Waals surface area contributed by atoms with Crippen molar-refractivity contribution in [3.8, 4) is 5.75 Å². The topological polar surface area (TPSA) is 65.9 Å². The smallest absolute Gasteiger partial charge is 0.305 e. The van der Waals surface area contributed by atoms with Crippen molar-refractivity contribution < 1.29 is 14.6 Å². The molecule has 4 rings (SSSR count). The summed E-state index contributed by atoms with van der Waals surface area (Å²) in [4.78, 5) is 21.8. The van der Waals surface area contributed by atoms with Gasteiger partial charge in [0.1, 0.15) is 5.75 Å². The number of carbonyl (C=O) groups is 1. The van der Waals surface area contributed by atoms with Gasteiger partial charge in [-0.05, 0) is 51.2 Å². The molecule has 0 aliphatic carbocycles. The number of aryl methyl sites for hydroxylation is 1. The minimum Gasteiger partial charge on any atom is -0.493 e. The predicted octanol–water partition coefficient (Wildman–Crippen LogP) is 4.29. The Morgan fingerprint density at radius 1 is 1.20 bits per heavy atom. The van der Waals surface area contributed by atoms with Crippen molar-refractivity contribution in [1.82, 2.24) is 4.98 Å². The summed E-state index contributed by atoms with van der Waals surface area (Å²) < 4.78 is 6.20. The molecule has 0 spiro atoms. The molecule has 1 aromatic heterocycles. The average Bonchev–Trinajstić information content (AvgIpc) is 3.13. The molecule has 2 aliphatic rings. The summed E-state index contributed by atoms with van der Waals surface area (Å²) in [6, 6.07) is 6.13. The fraction of sp³-hybridized carbons (Fsp3) is 0.565. The first kappa shape index (κ1) is 21.0. The van der Waals surface area contributed by atoms with Crippen molar-refractivity contribution >= 4 is 28.1 Å². The Hall–Kier alpha value is -2.28. The number of ether oxygens (including phenoxy) is 1. The number of piperidine rings is 1. The summed E-state index contributed by atoms with van der Waals surface area (Å²) in [5, 5.41) is 10.2. The van der Waals surface area contributed by atoms with E-state index in [1.807, 2.05) is 12.1 Å². The van der Waals surface area contributed by atoms with Gasteiger partial charge in [0.05, 0.1) is 18.7 Å². The standard InChI is InChI=1S/C23H31N3O3S/c1-17-19(24-23(30-17)26-12-3-2-4-13-26)11-16-29-21-9-5-8-20-18(21)7-6-14-25(20)15-10-22(27)28/h5,8-9H,2-4,6-7,10-16H2,1H3,(H,27,28). The Morgan fingerprint density at radius 2 is 2.03 bits per heavy atom. The van der Waals surface area contributed by atoms with Crippen LogP contribution in [-0.4, -0.2) is 48.8 Å². The summed E-state index contributed by atoms with van der Waals surface area (Å²) in [5.41, 5.74) is 3.48. The van der Waals surface area contributed by atoms with E-state index in [2.05, 4.69) is 22.8 Å². The number of carboxylic acids is 1. The Labute approximate surface area is 182 Å². The van der Waals surface area contributed by atoms with Crippen LogP contribution in [0.1, 0.15) is 48.2 Å². The maximum Gasteiger partial charge on any atom is 0.305 e. The number of aliphatic carboxylic acids is 1. The summed E-state index contributed by atoms with van der Waals surface area (Å²) in [6.07, 6.45) is 6.83. The van der Waals surface area contributed by atoms with Crippen LogP contribution in [0.3, 0.4) is 0 Å². The maximum atomic E-state index is 11.0. The third-order valence-corrected chi connectivity index (χ3v) is 7.08. The lowest BCUT2D eigenvalue weighted by Gasteiger charge is -2.32. The van der Waals surface area contributed by atoms with Gasteiger partial charge in [-0.25, -0.2) is 4.98 Å². The number of hydrogen-bond donors (Lipinski definition) is 1. The number of benzene rings is 1. The number of carboxylic acid groups (broad SMARTS) is 1. The highest BCUT2D eigenvalue weighted by Crippen LogP contribution is 2.34. The Kier molecular flexibility index (Phi) is 6.77. The Bertz CT molecular complexity index is 877. The summed E-state index contributed by atoms with van der Waals surface area (Å²) in [6.45, 7) is 6.46. The summed E-state index contributed by atoms with van der Waals surface area (Å²) in [5.74, 6) is 0.175. The van der Waals surface area contributed by atoms with Gasteiger partial charge in [0, 0.05) is 48.7 Å². The molecule has 2 aliphatic heterocycles. The van der Waals surface area contributed by atoms with E-state index in [1.54, 1.807) is 11.3 Å². The SMILES string of the molecule is Cc1sc(N2CCCCC2)nc1CCOc1cccc2c1CCCN2CCC(=O)O. The van der Waals surface area contributed by atoms with Crippen LogP contribution in [0, 0.1) is 6.92 Å². The zero-order valence-electron chi connectivity index (χ0n) is 17.7. The van der Waals surface area contributed by atoms with Gasteiger partial charge in [0.15, 0.2) is 5.13 Å². The normalized spacial score (nSPS) is 16.4. The van der Waals surface area contributed by atoms with E-state index < -0.39 is 5.97 Å². The maximum absolute atomic E-state index is 11.0. The van der Waals surface area contributed by atoms with Gasteiger partial charge in [-0.3, -0.25) is 4.79 Å². The number of fused-ring (bicyclic) bond motifs is 1. The van der Waals surface area contributed by atoms with Gasteiger partial charge < -0.3 is 19.6 Å². The number of nitrogens with zero attached hydrogens (tertiary/aromatic N) is 3. The highest BCUT2D eigenvalue weighted by atomic mass is 32.1. The molecule has 0 bridgehead atoms. The van der Waals surface area contributed by atoms with Crippen molar-refractivity contribution in [2.75, 3.05) is 42.6 Å². The first-order valence-corrected chi connectivity index (χ1v) is 11.9. The van der Waals surface area contributed by atoms with Crippen LogP contribution in [0.15, 0.2) is 18.2 Å². The van der Waals surface area contributed by atoms with Gasteiger partial charge in [-0.2, -0.15) is 0 Å². The Morgan fingerprint density at radius 3 is 2.83 bits per heavy atom. The average molecular weight is 430 g/mol. The van der Waals surface area contributed by atoms with Crippen LogP contribution >= 0.6 is 11.3 Å². The van der Waals surface area contributed by atoms with Crippen LogP contribution in [0.25, 0.3) is 0 Å². The lowest BCUT2D eigenvalue weighted by Crippen LogP contribution is -2.31. The molecule has 1 fully saturated rings. The zero-order valence-corrected chi connectivity index (χ0v) is 18.5. The molecule has 7 heteroatoms. The fourth-order valence-corrected chi connectivity index (χ4v) is 5.40. The number of hydrogen-bond acceptors (Lipinski definition) is 6. The molecule has 162 valence electrons. The zero-order chi connectivity index (χ0) is 20.9. The molecule has 0 radical (unpaired) electrons. The highest BCUT2D eigenvalue weighted by molar-refractivity contribution is 7.15. The highest BCUT2D eigenvalue weighted by Gasteiger charge is 2.21. The molecule has 3 heterocycles.